The average Bonchev–Trinajstić information content (AvgIpc) is 2.60. The van der Waals surface area contributed by atoms with Crippen LogP contribution >= 0.6 is 0 Å². The number of aryl methyl sites for hydroxylation is 1. The monoisotopic (exact) mass is 358 g/mol. The number of hydrazone groups is 1. The van der Waals surface area contributed by atoms with E-state index in [0.717, 1.165) is 23.9 Å². The summed E-state index contributed by atoms with van der Waals surface area (Å²) in [6.45, 7) is 3.75. The van der Waals surface area contributed by atoms with E-state index in [-0.39, 0.29) is 29.4 Å². The molecule has 0 heterocycles. The number of ether oxygens (including phenoxy) is 1. The highest BCUT2D eigenvalue weighted by Crippen LogP contribution is 2.33. The summed E-state index contributed by atoms with van der Waals surface area (Å²) in [5.74, 6) is -0.338. The molecule has 0 spiro atoms. The van der Waals surface area contributed by atoms with Gasteiger partial charge in [0.15, 0.2) is 11.5 Å². The third-order valence-corrected chi connectivity index (χ3v) is 3.36. The second-order valence-corrected chi connectivity index (χ2v) is 5.21. The predicted octanol–water partition coefficient (Wildman–Crippen LogP) is 3.16. The predicted molar refractivity (Wildman–Crippen MR) is 96.9 cm³/mol. The first kappa shape index (κ1) is 18.7. The molecule has 2 rings (SSSR count). The molecule has 26 heavy (non-hydrogen) atoms. The zero-order valence-corrected chi connectivity index (χ0v) is 14.2. The molecule has 0 aliphatic carbocycles. The van der Waals surface area contributed by atoms with Crippen molar-refractivity contribution in [3.8, 4) is 11.5 Å². The van der Waals surface area contributed by atoms with Gasteiger partial charge in [-0.25, -0.2) is 10.2 Å². The normalized spacial score (nSPS) is 10.5. The van der Waals surface area contributed by atoms with Crippen LogP contribution in [0.3, 0.4) is 0 Å². The minimum Gasteiger partial charge on any atom is -0.504 e. The lowest BCUT2D eigenvalue weighted by Crippen LogP contribution is -2.24. The highest BCUT2D eigenvalue weighted by atomic mass is 16.6. The fourth-order valence-electron chi connectivity index (χ4n) is 2.11. The first-order chi connectivity index (χ1) is 12.4. The number of nitro benzene ring substituents is 1. The van der Waals surface area contributed by atoms with Gasteiger partial charge in [0.25, 0.3) is 5.69 Å². The molecule has 0 aliphatic rings. The molecule has 0 unspecified atom stereocenters. The third kappa shape index (κ3) is 4.69. The molecule has 0 aliphatic heterocycles. The maximum Gasteiger partial charge on any atom is 0.339 e. The number of hydrogen-bond acceptors (Lipinski definition) is 6. The van der Waals surface area contributed by atoms with Crippen molar-refractivity contribution in [1.29, 1.82) is 0 Å². The fraction of sp³-hybridized carbons (Fsp3) is 0.176. The number of urea groups is 1. The summed E-state index contributed by atoms with van der Waals surface area (Å²) in [5.41, 5.74) is 3.51. The number of phenols is 1. The molecule has 0 radical (unpaired) electrons. The maximum atomic E-state index is 11.9. The van der Waals surface area contributed by atoms with E-state index >= 15 is 0 Å². The van der Waals surface area contributed by atoms with E-state index in [1.807, 2.05) is 19.1 Å². The van der Waals surface area contributed by atoms with Crippen molar-refractivity contribution >= 4 is 23.6 Å². The number of nitrogens with one attached hydrogen (secondary N) is 2. The van der Waals surface area contributed by atoms with E-state index < -0.39 is 11.0 Å². The van der Waals surface area contributed by atoms with Crippen LogP contribution in [0.2, 0.25) is 0 Å². The number of benzene rings is 2. The maximum absolute atomic E-state index is 11.9. The lowest BCUT2D eigenvalue weighted by atomic mass is 10.1. The first-order valence-electron chi connectivity index (χ1n) is 7.72. The standard InChI is InChI=1S/C17H18N4O5/c1-3-26-15-9-13(21(24)25)8-12(16(15)22)10-18-20-17(23)19-14-7-5-4-6-11(14)2/h4-10,22H,3H2,1-2H3,(H2,19,20,23)/b18-10+. The molecule has 3 N–H and O–H groups in total. The number of amides is 2. The molecule has 9 nitrogen and oxygen atoms in total. The molecule has 136 valence electrons. The summed E-state index contributed by atoms with van der Waals surface area (Å²) in [7, 11) is 0. The van der Waals surface area contributed by atoms with Crippen LogP contribution < -0.4 is 15.5 Å². The van der Waals surface area contributed by atoms with Gasteiger partial charge in [-0.15, -0.1) is 0 Å². The van der Waals surface area contributed by atoms with Crippen LogP contribution in [0.5, 0.6) is 11.5 Å². The van der Waals surface area contributed by atoms with Gasteiger partial charge in [-0.2, -0.15) is 5.10 Å². The van der Waals surface area contributed by atoms with E-state index in [1.54, 1.807) is 19.1 Å². The molecule has 0 fully saturated rings. The molecule has 0 bridgehead atoms. The van der Waals surface area contributed by atoms with Crippen molar-refractivity contribution in [1.82, 2.24) is 5.43 Å². The van der Waals surface area contributed by atoms with Crippen molar-refractivity contribution in [2.45, 2.75) is 13.8 Å². The van der Waals surface area contributed by atoms with Gasteiger partial charge in [0.2, 0.25) is 0 Å². The Hall–Kier alpha value is -3.62. The van der Waals surface area contributed by atoms with E-state index in [9.17, 15) is 20.0 Å². The number of non-ortho nitro benzene ring substituents is 1. The number of phenolic OH excluding ortho intramolecular Hbond substituents is 1. The number of rotatable bonds is 6. The zero-order chi connectivity index (χ0) is 19.1. The quantitative estimate of drug-likeness (QED) is 0.415. The van der Waals surface area contributed by atoms with Gasteiger partial charge >= 0.3 is 6.03 Å². The molecule has 0 saturated carbocycles. The molecule has 0 atom stereocenters. The lowest BCUT2D eigenvalue weighted by molar-refractivity contribution is -0.385. The molecule has 9 heteroatoms. The Morgan fingerprint density at radius 2 is 2.12 bits per heavy atom. The van der Waals surface area contributed by atoms with Crippen molar-refractivity contribution < 1.29 is 19.6 Å². The number of anilines is 1. The molecular formula is C17H18N4O5. The summed E-state index contributed by atoms with van der Waals surface area (Å²) in [4.78, 5) is 22.2. The molecule has 2 aromatic rings. The highest BCUT2D eigenvalue weighted by Gasteiger charge is 2.16. The molecular weight excluding hydrogens is 340 g/mol. The summed E-state index contributed by atoms with van der Waals surface area (Å²) in [5, 5.41) is 27.4. The molecule has 0 aromatic heterocycles. The Balaban J connectivity index is 2.13. The van der Waals surface area contributed by atoms with E-state index in [2.05, 4.69) is 15.8 Å². The Labute approximate surface area is 149 Å². The van der Waals surface area contributed by atoms with Crippen molar-refractivity contribution in [3.63, 3.8) is 0 Å². The minimum absolute atomic E-state index is 0.0347. The van der Waals surface area contributed by atoms with Crippen molar-refractivity contribution in [3.05, 3.63) is 57.6 Å². The Kier molecular flexibility index (Phi) is 6.10. The van der Waals surface area contributed by atoms with Crippen LogP contribution in [0.25, 0.3) is 0 Å². The van der Waals surface area contributed by atoms with Gasteiger partial charge in [0.05, 0.1) is 23.8 Å². The number of carbonyl (C=O) groups excluding carboxylic acids is 1. The summed E-state index contributed by atoms with van der Waals surface area (Å²) < 4.78 is 5.17. The second kappa shape index (κ2) is 8.47. The average molecular weight is 358 g/mol. The third-order valence-electron chi connectivity index (χ3n) is 3.36. The van der Waals surface area contributed by atoms with Gasteiger partial charge in [0.1, 0.15) is 0 Å². The van der Waals surface area contributed by atoms with E-state index in [1.165, 1.54) is 0 Å². The second-order valence-electron chi connectivity index (χ2n) is 5.21. The smallest absolute Gasteiger partial charge is 0.339 e. The lowest BCUT2D eigenvalue weighted by Gasteiger charge is -2.08. The van der Waals surface area contributed by atoms with E-state index in [0.29, 0.717) is 5.69 Å². The summed E-state index contributed by atoms with van der Waals surface area (Å²) >= 11 is 0. The largest absolute Gasteiger partial charge is 0.504 e. The van der Waals surface area contributed by atoms with Crippen LogP contribution in [0, 0.1) is 17.0 Å². The Morgan fingerprint density at radius 1 is 1.38 bits per heavy atom. The number of aromatic hydroxyl groups is 1. The minimum atomic E-state index is -0.613. The van der Waals surface area contributed by atoms with Crippen LogP contribution in [0.1, 0.15) is 18.1 Å². The number of carbonyl (C=O) groups is 1. The Morgan fingerprint density at radius 3 is 2.77 bits per heavy atom. The van der Waals surface area contributed by atoms with Crippen LogP contribution in [0.15, 0.2) is 41.5 Å². The highest BCUT2D eigenvalue weighted by molar-refractivity contribution is 5.92. The van der Waals surface area contributed by atoms with Crippen LogP contribution in [0.4, 0.5) is 16.2 Å². The molecule has 0 saturated heterocycles. The van der Waals surface area contributed by atoms with Gasteiger partial charge in [0, 0.05) is 17.3 Å². The van der Waals surface area contributed by atoms with Gasteiger partial charge in [-0.05, 0) is 25.5 Å². The number of para-hydroxylation sites is 1. The summed E-state index contributed by atoms with van der Waals surface area (Å²) in [6.07, 6.45) is 1.10. The van der Waals surface area contributed by atoms with Crippen molar-refractivity contribution in [2.24, 2.45) is 5.10 Å². The molecule has 2 amide bonds. The Bertz CT molecular complexity index is 851. The van der Waals surface area contributed by atoms with Crippen LogP contribution in [-0.2, 0) is 0 Å². The number of nitro groups is 1. The molecule has 2 aromatic carbocycles. The zero-order valence-electron chi connectivity index (χ0n) is 14.2. The van der Waals surface area contributed by atoms with Gasteiger partial charge in [-0.3, -0.25) is 10.1 Å². The van der Waals surface area contributed by atoms with Crippen molar-refractivity contribution in [2.75, 3.05) is 11.9 Å². The van der Waals surface area contributed by atoms with Gasteiger partial charge < -0.3 is 15.2 Å². The number of hydrogen-bond donors (Lipinski definition) is 3. The SMILES string of the molecule is CCOc1cc([N+](=O)[O-])cc(/C=N/NC(=O)Nc2ccccc2C)c1O. The first-order valence-corrected chi connectivity index (χ1v) is 7.72. The summed E-state index contributed by atoms with van der Waals surface area (Å²) in [6, 6.07) is 8.86. The van der Waals surface area contributed by atoms with Gasteiger partial charge in [-0.1, -0.05) is 18.2 Å². The van der Waals surface area contributed by atoms with E-state index in [4.69, 9.17) is 4.74 Å². The number of nitrogens with zero attached hydrogens (tertiary/aromatic N) is 2. The fourth-order valence-corrected chi connectivity index (χ4v) is 2.11. The topological polar surface area (TPSA) is 126 Å². The van der Waals surface area contributed by atoms with Crippen LogP contribution in [-0.4, -0.2) is 28.9 Å².